The highest BCUT2D eigenvalue weighted by atomic mass is 127. The monoisotopic (exact) mass is 489 g/mol. The van der Waals surface area contributed by atoms with Crippen molar-refractivity contribution in [3.05, 3.63) is 35.6 Å². The molecule has 2 saturated carbocycles. The van der Waals surface area contributed by atoms with E-state index in [4.69, 9.17) is 9.73 Å². The molecule has 0 spiro atoms. The first-order valence-corrected chi connectivity index (χ1v) is 9.89. The maximum Gasteiger partial charge on any atom is 0.191 e. The second kappa shape index (κ2) is 10.0. The first kappa shape index (κ1) is 22.4. The van der Waals surface area contributed by atoms with Gasteiger partial charge in [-0.3, -0.25) is 4.99 Å². The van der Waals surface area contributed by atoms with Gasteiger partial charge in [-0.1, -0.05) is 24.6 Å². The minimum absolute atomic E-state index is 0. The molecule has 0 unspecified atom stereocenters. The van der Waals surface area contributed by atoms with E-state index < -0.39 is 0 Å². The van der Waals surface area contributed by atoms with Crippen molar-refractivity contribution in [1.29, 1.82) is 0 Å². The molecule has 3 rings (SSSR count). The lowest BCUT2D eigenvalue weighted by Gasteiger charge is -2.40. The van der Waals surface area contributed by atoms with Crippen molar-refractivity contribution in [2.24, 2.45) is 10.4 Å². The van der Waals surface area contributed by atoms with E-state index in [9.17, 15) is 4.39 Å². The Morgan fingerprint density at radius 2 is 1.93 bits per heavy atom. The maximum absolute atomic E-state index is 14.2. The van der Waals surface area contributed by atoms with Crippen LogP contribution in [0, 0.1) is 11.2 Å². The average Bonchev–Trinajstić information content (AvgIpc) is 3.39. The number of aliphatic imine (C=N–C) groups is 1. The van der Waals surface area contributed by atoms with Crippen LogP contribution in [0.3, 0.4) is 0 Å². The molecule has 0 heterocycles. The molecule has 2 fully saturated rings. The van der Waals surface area contributed by atoms with E-state index in [-0.39, 0.29) is 35.2 Å². The summed E-state index contributed by atoms with van der Waals surface area (Å²) in [6.07, 6.45) is 6.89. The van der Waals surface area contributed by atoms with Crippen molar-refractivity contribution >= 4 is 29.9 Å². The van der Waals surface area contributed by atoms with Crippen LogP contribution in [0.15, 0.2) is 29.3 Å². The van der Waals surface area contributed by atoms with E-state index >= 15 is 0 Å². The predicted octanol–water partition coefficient (Wildman–Crippen LogP) is 4.24. The summed E-state index contributed by atoms with van der Waals surface area (Å²) in [7, 11) is 1.76. The number of hydrogen-bond acceptors (Lipinski definition) is 2. The van der Waals surface area contributed by atoms with Crippen molar-refractivity contribution in [3.8, 4) is 0 Å². The van der Waals surface area contributed by atoms with Crippen LogP contribution in [0.25, 0.3) is 0 Å². The average molecular weight is 489 g/mol. The van der Waals surface area contributed by atoms with Crippen molar-refractivity contribution in [2.75, 3.05) is 33.4 Å². The summed E-state index contributed by atoms with van der Waals surface area (Å²) < 4.78 is 19.5. The summed E-state index contributed by atoms with van der Waals surface area (Å²) >= 11 is 0. The zero-order valence-corrected chi connectivity index (χ0v) is 18.9. The van der Waals surface area contributed by atoms with Crippen LogP contribution in [0.2, 0.25) is 0 Å². The molecule has 2 aliphatic carbocycles. The van der Waals surface area contributed by atoms with Gasteiger partial charge in [-0.15, -0.1) is 24.0 Å². The van der Waals surface area contributed by atoms with Gasteiger partial charge in [-0.2, -0.15) is 0 Å². The molecule has 0 bridgehead atoms. The molecule has 0 amide bonds. The van der Waals surface area contributed by atoms with Crippen LogP contribution in [0.5, 0.6) is 0 Å². The summed E-state index contributed by atoms with van der Waals surface area (Å²) in [5, 5.41) is 6.81. The van der Waals surface area contributed by atoms with Crippen LogP contribution in [0.1, 0.15) is 51.0 Å². The molecule has 0 saturated heterocycles. The van der Waals surface area contributed by atoms with E-state index in [0.29, 0.717) is 5.41 Å². The molecular weight excluding hydrogens is 456 g/mol. The lowest BCUT2D eigenvalue weighted by atomic mass is 9.67. The minimum Gasteiger partial charge on any atom is -0.385 e. The number of halogens is 2. The van der Waals surface area contributed by atoms with E-state index in [2.05, 4.69) is 17.6 Å². The number of nitrogens with one attached hydrogen (secondary N) is 2. The van der Waals surface area contributed by atoms with Gasteiger partial charge >= 0.3 is 0 Å². The first-order chi connectivity index (χ1) is 12.6. The molecule has 27 heavy (non-hydrogen) atoms. The van der Waals surface area contributed by atoms with Crippen molar-refractivity contribution in [2.45, 2.75) is 50.9 Å². The Morgan fingerprint density at radius 1 is 1.19 bits per heavy atom. The minimum atomic E-state index is -0.0956. The van der Waals surface area contributed by atoms with Crippen molar-refractivity contribution < 1.29 is 9.13 Å². The normalized spacial score (nSPS) is 19.6. The van der Waals surface area contributed by atoms with E-state index in [0.717, 1.165) is 57.0 Å². The van der Waals surface area contributed by atoms with Gasteiger partial charge in [0.05, 0.1) is 0 Å². The Bertz CT molecular complexity index is 630. The van der Waals surface area contributed by atoms with Crippen LogP contribution in [-0.4, -0.2) is 39.3 Å². The SMILES string of the molecule is CCNC(=NCC1(CCOC)CCC1)NCC1(c2ccccc2F)CC1.I. The summed E-state index contributed by atoms with van der Waals surface area (Å²) in [4.78, 5) is 4.85. The Morgan fingerprint density at radius 3 is 2.48 bits per heavy atom. The highest BCUT2D eigenvalue weighted by Gasteiger charge is 2.46. The molecule has 0 radical (unpaired) electrons. The smallest absolute Gasteiger partial charge is 0.191 e. The molecular formula is C21H33FIN3O. The van der Waals surface area contributed by atoms with E-state index in [1.165, 1.54) is 19.3 Å². The summed E-state index contributed by atoms with van der Waals surface area (Å²) in [6, 6.07) is 7.16. The summed E-state index contributed by atoms with van der Waals surface area (Å²) in [5.74, 6) is 0.750. The van der Waals surface area contributed by atoms with Crippen LogP contribution < -0.4 is 10.6 Å². The Kier molecular flexibility index (Phi) is 8.34. The number of guanidine groups is 1. The first-order valence-electron chi connectivity index (χ1n) is 9.89. The van der Waals surface area contributed by atoms with Crippen molar-refractivity contribution in [1.82, 2.24) is 10.6 Å². The van der Waals surface area contributed by atoms with Crippen LogP contribution >= 0.6 is 24.0 Å². The molecule has 2 N–H and O–H groups in total. The van der Waals surface area contributed by atoms with Crippen LogP contribution in [0.4, 0.5) is 4.39 Å². The van der Waals surface area contributed by atoms with Crippen LogP contribution in [-0.2, 0) is 10.2 Å². The van der Waals surface area contributed by atoms with Gasteiger partial charge in [0.1, 0.15) is 5.82 Å². The fraction of sp³-hybridized carbons (Fsp3) is 0.667. The molecule has 4 nitrogen and oxygen atoms in total. The standard InChI is InChI=1S/C21H32FN3O.HI/c1-3-23-19(24-15-20(9-6-10-20)13-14-26-2)25-16-21(11-12-21)17-7-4-5-8-18(17)22;/h4-5,7-8H,3,6,9-16H2,1-2H3,(H2,23,24,25);1H. The highest BCUT2D eigenvalue weighted by Crippen LogP contribution is 2.48. The van der Waals surface area contributed by atoms with E-state index in [1.807, 2.05) is 12.1 Å². The highest BCUT2D eigenvalue weighted by molar-refractivity contribution is 14.0. The number of hydrogen-bond donors (Lipinski definition) is 2. The second-order valence-corrected chi connectivity index (χ2v) is 7.91. The Hall–Kier alpha value is -0.890. The third-order valence-corrected chi connectivity index (χ3v) is 6.06. The van der Waals surface area contributed by atoms with Gasteiger partial charge in [0.15, 0.2) is 5.96 Å². The Labute approximate surface area is 179 Å². The zero-order valence-electron chi connectivity index (χ0n) is 16.5. The number of methoxy groups -OCH3 is 1. The fourth-order valence-electron chi connectivity index (χ4n) is 3.91. The van der Waals surface area contributed by atoms with Gasteiger partial charge in [0.2, 0.25) is 0 Å². The predicted molar refractivity (Wildman–Crippen MR) is 119 cm³/mol. The second-order valence-electron chi connectivity index (χ2n) is 7.91. The molecule has 0 aromatic heterocycles. The largest absolute Gasteiger partial charge is 0.385 e. The third kappa shape index (κ3) is 5.56. The number of ether oxygens (including phenoxy) is 1. The fourth-order valence-corrected chi connectivity index (χ4v) is 3.91. The topological polar surface area (TPSA) is 45.7 Å². The zero-order chi connectivity index (χ0) is 18.5. The van der Waals surface area contributed by atoms with Crippen molar-refractivity contribution in [3.63, 3.8) is 0 Å². The number of benzene rings is 1. The lowest BCUT2D eigenvalue weighted by molar-refractivity contribution is 0.0778. The van der Waals surface area contributed by atoms with Gasteiger partial charge in [0.25, 0.3) is 0 Å². The van der Waals surface area contributed by atoms with Gasteiger partial charge in [0, 0.05) is 38.8 Å². The van der Waals surface area contributed by atoms with Gasteiger partial charge in [-0.25, -0.2) is 4.39 Å². The molecule has 6 heteroatoms. The summed E-state index contributed by atoms with van der Waals surface area (Å²) in [6.45, 7) is 5.26. The maximum atomic E-state index is 14.2. The molecule has 0 aliphatic heterocycles. The number of rotatable bonds is 9. The molecule has 152 valence electrons. The van der Waals surface area contributed by atoms with Gasteiger partial charge < -0.3 is 15.4 Å². The quantitative estimate of drug-likeness (QED) is 0.310. The third-order valence-electron chi connectivity index (χ3n) is 6.06. The molecule has 2 aliphatic rings. The molecule has 0 atom stereocenters. The Balaban J connectivity index is 0.00000261. The summed E-state index contributed by atoms with van der Waals surface area (Å²) in [5.41, 5.74) is 1.06. The molecule has 1 aromatic rings. The lowest BCUT2D eigenvalue weighted by Crippen LogP contribution is -2.43. The van der Waals surface area contributed by atoms with Gasteiger partial charge in [-0.05, 0) is 56.1 Å². The molecule has 1 aromatic carbocycles. The number of nitrogens with zero attached hydrogens (tertiary/aromatic N) is 1. The van der Waals surface area contributed by atoms with E-state index in [1.54, 1.807) is 19.2 Å².